The molecule has 0 spiro atoms. The summed E-state index contributed by atoms with van der Waals surface area (Å²) in [5.74, 6) is -0.0983. The predicted octanol–water partition coefficient (Wildman–Crippen LogP) is 2.66. The Kier molecular flexibility index (Phi) is 4.73. The van der Waals surface area contributed by atoms with Gasteiger partial charge in [-0.1, -0.05) is 22.9 Å². The molecule has 1 atom stereocenters. The molecule has 20 heavy (non-hydrogen) atoms. The van der Waals surface area contributed by atoms with Gasteiger partial charge in [-0.3, -0.25) is 9.78 Å². The molecule has 2 aromatic rings. The number of carbonyl (C=O) groups is 1. The number of aryl methyl sites for hydroxylation is 1. The number of fused-ring (bicyclic) bond motifs is 1. The van der Waals surface area contributed by atoms with Gasteiger partial charge >= 0.3 is 0 Å². The molecular formula is C15H17BrN2O2. The Morgan fingerprint density at radius 1 is 1.45 bits per heavy atom. The van der Waals surface area contributed by atoms with Crippen LogP contribution >= 0.6 is 15.9 Å². The predicted molar refractivity (Wildman–Crippen MR) is 82.8 cm³/mol. The third-order valence-electron chi connectivity index (χ3n) is 3.07. The number of rotatable bonds is 4. The Morgan fingerprint density at radius 3 is 2.90 bits per heavy atom. The summed E-state index contributed by atoms with van der Waals surface area (Å²) in [6.45, 7) is 4.26. The van der Waals surface area contributed by atoms with E-state index in [1.807, 2.05) is 32.0 Å². The van der Waals surface area contributed by atoms with Crippen molar-refractivity contribution in [1.29, 1.82) is 0 Å². The highest BCUT2D eigenvalue weighted by atomic mass is 79.9. The lowest BCUT2D eigenvalue weighted by molar-refractivity contribution is 0.0944. The highest BCUT2D eigenvalue weighted by Crippen LogP contribution is 2.22. The number of nitrogens with zero attached hydrogens (tertiary/aromatic N) is 1. The normalized spacial score (nSPS) is 12.4. The van der Waals surface area contributed by atoms with Crippen molar-refractivity contribution in [2.75, 3.05) is 13.2 Å². The molecule has 0 saturated heterocycles. The van der Waals surface area contributed by atoms with Crippen LogP contribution in [0, 0.1) is 12.8 Å². The number of hydrogen-bond donors (Lipinski definition) is 2. The van der Waals surface area contributed by atoms with Crippen LogP contribution in [0.15, 0.2) is 28.7 Å². The van der Waals surface area contributed by atoms with Crippen LogP contribution in [0.25, 0.3) is 10.9 Å². The third kappa shape index (κ3) is 3.35. The molecular weight excluding hydrogens is 320 g/mol. The van der Waals surface area contributed by atoms with Crippen LogP contribution in [0.5, 0.6) is 0 Å². The number of benzene rings is 1. The average molecular weight is 337 g/mol. The van der Waals surface area contributed by atoms with E-state index in [2.05, 4.69) is 26.2 Å². The van der Waals surface area contributed by atoms with Crippen molar-refractivity contribution in [2.45, 2.75) is 13.8 Å². The Balaban J connectivity index is 2.37. The number of amides is 1. The summed E-state index contributed by atoms with van der Waals surface area (Å²) in [5.41, 5.74) is 2.22. The first-order valence-corrected chi connectivity index (χ1v) is 7.26. The minimum Gasteiger partial charge on any atom is -0.396 e. The Bertz CT molecular complexity index is 643. The van der Waals surface area contributed by atoms with Crippen molar-refractivity contribution < 1.29 is 9.90 Å². The zero-order valence-electron chi connectivity index (χ0n) is 11.5. The van der Waals surface area contributed by atoms with E-state index >= 15 is 0 Å². The largest absolute Gasteiger partial charge is 0.396 e. The fraction of sp³-hybridized carbons (Fsp3) is 0.333. The molecule has 1 aromatic heterocycles. The molecule has 4 nitrogen and oxygen atoms in total. The molecule has 1 heterocycles. The van der Waals surface area contributed by atoms with Gasteiger partial charge in [0.15, 0.2) is 0 Å². The molecule has 2 rings (SSSR count). The zero-order chi connectivity index (χ0) is 14.7. The molecule has 0 radical (unpaired) electrons. The summed E-state index contributed by atoms with van der Waals surface area (Å²) in [5, 5.41) is 12.7. The fourth-order valence-electron chi connectivity index (χ4n) is 1.94. The summed E-state index contributed by atoms with van der Waals surface area (Å²) in [6.07, 6.45) is 0. The van der Waals surface area contributed by atoms with E-state index in [0.29, 0.717) is 12.1 Å². The lowest BCUT2D eigenvalue weighted by atomic mass is 10.1. The first kappa shape index (κ1) is 14.9. The molecule has 0 bridgehead atoms. The number of carbonyl (C=O) groups excluding carboxylic acids is 1. The molecule has 106 valence electrons. The van der Waals surface area contributed by atoms with Gasteiger partial charge in [-0.2, -0.15) is 0 Å². The van der Waals surface area contributed by atoms with Crippen LogP contribution in [0.1, 0.15) is 23.0 Å². The van der Waals surface area contributed by atoms with Crippen molar-refractivity contribution in [1.82, 2.24) is 10.3 Å². The summed E-state index contributed by atoms with van der Waals surface area (Å²) >= 11 is 3.42. The van der Waals surface area contributed by atoms with E-state index in [1.165, 1.54) is 0 Å². The number of pyridine rings is 1. The number of aliphatic hydroxyl groups excluding tert-OH is 1. The van der Waals surface area contributed by atoms with Gasteiger partial charge in [0, 0.05) is 28.7 Å². The van der Waals surface area contributed by atoms with E-state index in [1.54, 1.807) is 6.07 Å². The minimum atomic E-state index is -0.140. The van der Waals surface area contributed by atoms with E-state index in [-0.39, 0.29) is 18.4 Å². The van der Waals surface area contributed by atoms with Crippen LogP contribution in [0.3, 0.4) is 0 Å². The molecule has 0 saturated carbocycles. The van der Waals surface area contributed by atoms with E-state index < -0.39 is 0 Å². The molecule has 1 aromatic carbocycles. The van der Waals surface area contributed by atoms with E-state index in [4.69, 9.17) is 5.11 Å². The van der Waals surface area contributed by atoms with Crippen molar-refractivity contribution in [3.63, 3.8) is 0 Å². The summed E-state index contributed by atoms with van der Waals surface area (Å²) in [6, 6.07) is 7.48. The summed E-state index contributed by atoms with van der Waals surface area (Å²) in [7, 11) is 0. The number of halogens is 1. The van der Waals surface area contributed by atoms with Crippen LogP contribution in [-0.4, -0.2) is 29.1 Å². The standard InChI is InChI=1S/C15H17BrN2O2/c1-9(8-19)7-17-15(20)13-5-10(2)18-14-4-3-11(16)6-12(13)14/h3-6,9,19H,7-8H2,1-2H3,(H,17,20). The van der Waals surface area contributed by atoms with E-state index in [0.717, 1.165) is 21.1 Å². The lowest BCUT2D eigenvalue weighted by Crippen LogP contribution is -2.29. The first-order valence-electron chi connectivity index (χ1n) is 6.47. The SMILES string of the molecule is Cc1cc(C(=O)NCC(C)CO)c2cc(Br)ccc2n1. The van der Waals surface area contributed by atoms with Crippen molar-refractivity contribution in [3.8, 4) is 0 Å². The number of nitrogens with one attached hydrogen (secondary N) is 1. The second kappa shape index (κ2) is 6.33. The molecule has 1 amide bonds. The highest BCUT2D eigenvalue weighted by molar-refractivity contribution is 9.10. The maximum Gasteiger partial charge on any atom is 0.252 e. The van der Waals surface area contributed by atoms with Crippen LogP contribution in [0.4, 0.5) is 0 Å². The number of aromatic nitrogens is 1. The fourth-order valence-corrected chi connectivity index (χ4v) is 2.31. The zero-order valence-corrected chi connectivity index (χ0v) is 13.1. The summed E-state index contributed by atoms with van der Waals surface area (Å²) < 4.78 is 0.911. The monoisotopic (exact) mass is 336 g/mol. The van der Waals surface area contributed by atoms with Gasteiger partial charge in [-0.15, -0.1) is 0 Å². The molecule has 1 unspecified atom stereocenters. The van der Waals surface area contributed by atoms with Crippen molar-refractivity contribution in [3.05, 3.63) is 40.0 Å². The van der Waals surface area contributed by atoms with Gasteiger partial charge in [0.05, 0.1) is 11.1 Å². The maximum absolute atomic E-state index is 12.3. The smallest absolute Gasteiger partial charge is 0.252 e. The third-order valence-corrected chi connectivity index (χ3v) is 3.56. The Morgan fingerprint density at radius 2 is 2.20 bits per heavy atom. The second-order valence-electron chi connectivity index (χ2n) is 4.97. The van der Waals surface area contributed by atoms with Gasteiger partial charge < -0.3 is 10.4 Å². The topological polar surface area (TPSA) is 62.2 Å². The quantitative estimate of drug-likeness (QED) is 0.902. The maximum atomic E-state index is 12.3. The molecule has 0 aliphatic heterocycles. The van der Waals surface area contributed by atoms with Crippen LogP contribution < -0.4 is 5.32 Å². The number of hydrogen-bond acceptors (Lipinski definition) is 3. The van der Waals surface area contributed by atoms with Gasteiger partial charge in [0.2, 0.25) is 0 Å². The Hall–Kier alpha value is -1.46. The van der Waals surface area contributed by atoms with Crippen LogP contribution in [0.2, 0.25) is 0 Å². The second-order valence-corrected chi connectivity index (χ2v) is 5.89. The van der Waals surface area contributed by atoms with Crippen molar-refractivity contribution >= 4 is 32.7 Å². The lowest BCUT2D eigenvalue weighted by Gasteiger charge is -2.12. The minimum absolute atomic E-state index is 0.0416. The van der Waals surface area contributed by atoms with E-state index in [9.17, 15) is 4.79 Å². The van der Waals surface area contributed by atoms with Gasteiger partial charge in [0.25, 0.3) is 5.91 Å². The summed E-state index contributed by atoms with van der Waals surface area (Å²) in [4.78, 5) is 16.7. The molecule has 2 N–H and O–H groups in total. The average Bonchev–Trinajstić information content (AvgIpc) is 2.43. The van der Waals surface area contributed by atoms with Gasteiger partial charge in [-0.05, 0) is 37.1 Å². The van der Waals surface area contributed by atoms with Gasteiger partial charge in [-0.25, -0.2) is 0 Å². The molecule has 5 heteroatoms. The van der Waals surface area contributed by atoms with Crippen molar-refractivity contribution in [2.24, 2.45) is 5.92 Å². The van der Waals surface area contributed by atoms with Gasteiger partial charge in [0.1, 0.15) is 0 Å². The Labute approximate surface area is 126 Å². The first-order chi connectivity index (χ1) is 9.51. The molecule has 0 aliphatic rings. The molecule has 0 aliphatic carbocycles. The molecule has 0 fully saturated rings. The number of aliphatic hydroxyl groups is 1. The van der Waals surface area contributed by atoms with Crippen LogP contribution in [-0.2, 0) is 0 Å². The highest BCUT2D eigenvalue weighted by Gasteiger charge is 2.13.